The van der Waals surface area contributed by atoms with Gasteiger partial charge in [0.25, 0.3) is 0 Å². The van der Waals surface area contributed by atoms with E-state index in [1.807, 2.05) is 45.4 Å². The zero-order valence-corrected chi connectivity index (χ0v) is 23.1. The number of rotatable bonds is 8. The summed E-state index contributed by atoms with van der Waals surface area (Å²) in [6.07, 6.45) is 3.73. The first-order valence-electron chi connectivity index (χ1n) is 12.0. The van der Waals surface area contributed by atoms with Gasteiger partial charge in [-0.3, -0.25) is 0 Å². The van der Waals surface area contributed by atoms with Crippen molar-refractivity contribution >= 4 is 46.4 Å². The molecule has 0 saturated heterocycles. The summed E-state index contributed by atoms with van der Waals surface area (Å²) in [6, 6.07) is 12.2. The Morgan fingerprint density at radius 1 is 1.11 bits per heavy atom. The summed E-state index contributed by atoms with van der Waals surface area (Å²) in [5, 5.41) is 5.07. The summed E-state index contributed by atoms with van der Waals surface area (Å²) in [7, 11) is 5.54. The summed E-state index contributed by atoms with van der Waals surface area (Å²) < 4.78 is 15.3. The van der Waals surface area contributed by atoms with Crippen molar-refractivity contribution in [3.05, 3.63) is 54.4 Å². The van der Waals surface area contributed by atoms with E-state index in [0.717, 1.165) is 46.5 Å². The van der Waals surface area contributed by atoms with Crippen LogP contribution in [0.2, 0.25) is 0 Å². The third-order valence-electron chi connectivity index (χ3n) is 6.42. The minimum atomic E-state index is -2.63. The maximum Gasteiger partial charge on any atom is 0.227 e. The van der Waals surface area contributed by atoms with E-state index in [9.17, 15) is 4.57 Å². The lowest BCUT2D eigenvalue weighted by Gasteiger charge is -2.24. The van der Waals surface area contributed by atoms with E-state index in [0.29, 0.717) is 22.6 Å². The Morgan fingerprint density at radius 2 is 1.83 bits per heavy atom. The number of nitrogens with one attached hydrogen (secondary N) is 1. The number of fused-ring (bicyclic) bond motifs is 1. The van der Waals surface area contributed by atoms with Crippen molar-refractivity contribution in [1.29, 1.82) is 0 Å². The van der Waals surface area contributed by atoms with Crippen LogP contribution in [-0.4, -0.2) is 67.0 Å². The van der Waals surface area contributed by atoms with Gasteiger partial charge in [0.2, 0.25) is 5.95 Å². The number of benzene rings is 2. The van der Waals surface area contributed by atoms with Gasteiger partial charge in [-0.2, -0.15) is 0 Å². The lowest BCUT2D eigenvalue weighted by Crippen LogP contribution is -2.29. The predicted molar refractivity (Wildman–Crippen MR) is 154 cm³/mol. The molecule has 0 aliphatic heterocycles. The van der Waals surface area contributed by atoms with E-state index in [-0.39, 0.29) is 0 Å². The van der Waals surface area contributed by atoms with Crippen LogP contribution in [0.25, 0.3) is 22.2 Å². The molecule has 4 rings (SSSR count). The Hall–Kier alpha value is -3.35. The number of aryl methyl sites for hydroxylation is 2. The fraction of sp³-hybridized carbons (Fsp3) is 0.333. The minimum absolute atomic E-state index is 0.436. The number of anilines is 4. The molecule has 0 spiro atoms. The highest BCUT2D eigenvalue weighted by atomic mass is 31.2. The molecule has 0 atom stereocenters. The lowest BCUT2D eigenvalue weighted by atomic mass is 10.1. The first kappa shape index (κ1) is 25.7. The number of para-hydroxylation sites is 1. The fourth-order valence-electron chi connectivity index (χ4n) is 4.32. The van der Waals surface area contributed by atoms with Gasteiger partial charge in [0, 0.05) is 61.7 Å². The molecule has 9 heteroatoms. The maximum absolute atomic E-state index is 13.2. The predicted octanol–water partition coefficient (Wildman–Crippen LogP) is 4.52. The van der Waals surface area contributed by atoms with Crippen molar-refractivity contribution in [2.24, 2.45) is 7.05 Å². The first-order valence-corrected chi connectivity index (χ1v) is 14.6. The number of nitrogens with two attached hydrogens (primary N) is 1. The summed E-state index contributed by atoms with van der Waals surface area (Å²) in [4.78, 5) is 13.7. The molecular weight excluding hydrogens is 469 g/mol. The van der Waals surface area contributed by atoms with Gasteiger partial charge in [0.05, 0.1) is 22.4 Å². The number of hydrogen-bond donors (Lipinski definition) is 2. The van der Waals surface area contributed by atoms with Gasteiger partial charge in [-0.15, -0.1) is 0 Å². The van der Waals surface area contributed by atoms with E-state index in [2.05, 4.69) is 57.0 Å². The van der Waals surface area contributed by atoms with Gasteiger partial charge >= 0.3 is 0 Å². The molecule has 8 nitrogen and oxygen atoms in total. The fourth-order valence-corrected chi connectivity index (χ4v) is 5.34. The topological polar surface area (TPSA) is 92.3 Å². The zero-order valence-electron chi connectivity index (χ0n) is 22.2. The van der Waals surface area contributed by atoms with Gasteiger partial charge in [0.1, 0.15) is 7.14 Å². The lowest BCUT2D eigenvalue weighted by molar-refractivity contribution is 0.416. The number of hydrogen-bond acceptors (Lipinski definition) is 7. The van der Waals surface area contributed by atoms with Crippen molar-refractivity contribution in [3.8, 4) is 11.3 Å². The minimum Gasteiger partial charge on any atom is -0.397 e. The molecule has 2 aromatic heterocycles. The largest absolute Gasteiger partial charge is 0.397 e. The Kier molecular flexibility index (Phi) is 7.12. The average Bonchev–Trinajstić information content (AvgIpc) is 3.15. The van der Waals surface area contributed by atoms with Crippen molar-refractivity contribution < 1.29 is 4.57 Å². The highest BCUT2D eigenvalue weighted by molar-refractivity contribution is 7.70. The van der Waals surface area contributed by atoms with Crippen molar-refractivity contribution in [1.82, 2.24) is 19.4 Å². The molecule has 0 saturated carbocycles. The summed E-state index contributed by atoms with van der Waals surface area (Å²) >= 11 is 0. The summed E-state index contributed by atoms with van der Waals surface area (Å²) in [5.41, 5.74) is 12.7. The van der Waals surface area contributed by atoms with Gasteiger partial charge < -0.3 is 30.0 Å². The van der Waals surface area contributed by atoms with E-state index in [1.54, 1.807) is 19.5 Å². The van der Waals surface area contributed by atoms with Crippen molar-refractivity contribution in [2.75, 3.05) is 63.5 Å². The molecule has 0 unspecified atom stereocenters. The van der Waals surface area contributed by atoms with Crippen LogP contribution >= 0.6 is 7.14 Å². The summed E-state index contributed by atoms with van der Waals surface area (Å²) in [5.74, 6) is 0.436. The molecule has 0 amide bonds. The molecule has 2 aromatic carbocycles. The molecule has 0 aliphatic carbocycles. The van der Waals surface area contributed by atoms with Crippen LogP contribution in [0.3, 0.4) is 0 Å². The molecule has 3 N–H and O–H groups in total. The highest BCUT2D eigenvalue weighted by Gasteiger charge is 2.23. The summed E-state index contributed by atoms with van der Waals surface area (Å²) in [6.45, 7) is 7.35. The van der Waals surface area contributed by atoms with Gasteiger partial charge in [-0.1, -0.05) is 18.2 Å². The second-order valence-electron chi connectivity index (χ2n) is 10.0. The Labute approximate surface area is 213 Å². The second kappa shape index (κ2) is 9.96. The van der Waals surface area contributed by atoms with Gasteiger partial charge in [-0.05, 0) is 58.1 Å². The van der Waals surface area contributed by atoms with E-state index in [1.165, 1.54) is 0 Å². The molecule has 4 aromatic rings. The molecule has 36 heavy (non-hydrogen) atoms. The molecule has 0 radical (unpaired) electrons. The highest BCUT2D eigenvalue weighted by Crippen LogP contribution is 2.40. The number of nitrogen functional groups attached to an aromatic ring is 1. The second-order valence-corrected chi connectivity index (χ2v) is 13.2. The monoisotopic (exact) mass is 505 g/mol. The Balaban J connectivity index is 1.74. The van der Waals surface area contributed by atoms with Crippen LogP contribution in [0.15, 0.2) is 48.8 Å². The Bertz CT molecular complexity index is 1450. The molecule has 0 fully saturated rings. The quantitative estimate of drug-likeness (QED) is 0.269. The van der Waals surface area contributed by atoms with Crippen molar-refractivity contribution in [2.45, 2.75) is 6.92 Å². The van der Waals surface area contributed by atoms with Crippen LogP contribution in [0.1, 0.15) is 5.56 Å². The van der Waals surface area contributed by atoms with Gasteiger partial charge in [-0.25, -0.2) is 9.97 Å². The average molecular weight is 506 g/mol. The Morgan fingerprint density at radius 3 is 2.53 bits per heavy atom. The van der Waals surface area contributed by atoms with Crippen LogP contribution in [0.4, 0.5) is 23.0 Å². The number of nitrogens with zero attached hydrogens (tertiary/aromatic N) is 5. The van der Waals surface area contributed by atoms with Crippen LogP contribution in [0, 0.1) is 6.92 Å². The maximum atomic E-state index is 13.2. The SMILES string of the molecule is Cc1cc(N(C)CCN(C)C)c(N)cc1Nc1ncc(P(C)(C)=O)c(-c2cn(C)c3ccccc23)n1. The van der Waals surface area contributed by atoms with E-state index in [4.69, 9.17) is 10.7 Å². The molecular formula is C27H36N7OP. The molecule has 2 heterocycles. The normalized spacial score (nSPS) is 11.9. The number of likely N-dealkylation sites (N-methyl/N-ethyl adjacent to an activating group) is 2. The standard InChI is InChI=1S/C27H36N7OP/c1-18-14-24(33(4)13-12-32(2)3)21(28)15-22(18)30-27-29-16-25(36(6,7)35)26(31-27)20-17-34(5)23-11-9-8-10-19(20)23/h8-11,14-17H,12-13,28H2,1-7H3,(H,29,30,31). The zero-order chi connectivity index (χ0) is 26.2. The van der Waals surface area contributed by atoms with Crippen molar-refractivity contribution in [3.63, 3.8) is 0 Å². The third kappa shape index (κ3) is 5.25. The number of aromatic nitrogens is 3. The van der Waals surface area contributed by atoms with E-state index >= 15 is 0 Å². The first-order chi connectivity index (χ1) is 17.0. The third-order valence-corrected chi connectivity index (χ3v) is 7.90. The smallest absolute Gasteiger partial charge is 0.227 e. The molecule has 0 aliphatic rings. The van der Waals surface area contributed by atoms with Crippen LogP contribution in [-0.2, 0) is 11.6 Å². The molecule has 0 bridgehead atoms. The van der Waals surface area contributed by atoms with E-state index < -0.39 is 7.14 Å². The van der Waals surface area contributed by atoms with Gasteiger partial charge in [0.15, 0.2) is 0 Å². The van der Waals surface area contributed by atoms with Crippen LogP contribution < -0.4 is 21.3 Å². The van der Waals surface area contributed by atoms with Crippen LogP contribution in [0.5, 0.6) is 0 Å². The molecule has 190 valence electrons.